The highest BCUT2D eigenvalue weighted by molar-refractivity contribution is 6.03. The lowest BCUT2D eigenvalue weighted by atomic mass is 9.38. The molecule has 0 amide bonds. The van der Waals surface area contributed by atoms with Crippen LogP contribution in [-0.2, 0) is 14.3 Å². The number of Topliss-reactive ketones (excluding diaryl/α,β-unsaturated/α-hetero) is 1. The second kappa shape index (κ2) is 5.89. The summed E-state index contributed by atoms with van der Waals surface area (Å²) in [7, 11) is 0. The van der Waals surface area contributed by atoms with Crippen LogP contribution in [0.4, 0.5) is 0 Å². The average molecular weight is 392 g/mol. The molecule has 4 saturated carbocycles. The number of aliphatic hydroxyl groups excluding tert-OH is 3. The first-order chi connectivity index (χ1) is 12.9. The third kappa shape index (κ3) is 2.20. The van der Waals surface area contributed by atoms with Crippen LogP contribution in [-0.4, -0.2) is 51.5 Å². The van der Waals surface area contributed by atoms with E-state index in [1.165, 1.54) is 6.92 Å². The highest BCUT2D eigenvalue weighted by atomic mass is 16.6. The van der Waals surface area contributed by atoms with E-state index in [1.807, 2.05) is 20.8 Å². The molecule has 0 aromatic heterocycles. The lowest BCUT2D eigenvalue weighted by Crippen LogP contribution is -2.73. The zero-order valence-electron chi connectivity index (χ0n) is 17.1. The van der Waals surface area contributed by atoms with Gasteiger partial charge in [0, 0.05) is 18.8 Å². The number of hydrogen-bond acceptors (Lipinski definition) is 6. The van der Waals surface area contributed by atoms with Gasteiger partial charge in [-0.25, -0.2) is 0 Å². The van der Waals surface area contributed by atoms with Gasteiger partial charge < -0.3 is 20.1 Å². The predicted octanol–water partition coefficient (Wildman–Crippen LogP) is 1.61. The molecule has 0 radical (unpaired) electrons. The largest absolute Gasteiger partial charge is 0.459 e. The Balaban J connectivity index is 1.95. The molecule has 6 nitrogen and oxygen atoms in total. The molecule has 6 heteroatoms. The monoisotopic (exact) mass is 392 g/mol. The van der Waals surface area contributed by atoms with E-state index in [0.29, 0.717) is 31.3 Å². The average Bonchev–Trinajstić information content (AvgIpc) is 2.78. The quantitative estimate of drug-likeness (QED) is 0.463. The summed E-state index contributed by atoms with van der Waals surface area (Å²) in [6.45, 7) is 11.2. The van der Waals surface area contributed by atoms with Crippen molar-refractivity contribution in [3.8, 4) is 0 Å². The van der Waals surface area contributed by atoms with Crippen molar-refractivity contribution in [1.82, 2.24) is 0 Å². The van der Waals surface area contributed by atoms with E-state index in [9.17, 15) is 24.9 Å². The van der Waals surface area contributed by atoms with Gasteiger partial charge in [-0.3, -0.25) is 9.59 Å². The van der Waals surface area contributed by atoms with E-state index < -0.39 is 52.5 Å². The van der Waals surface area contributed by atoms with Crippen LogP contribution < -0.4 is 0 Å². The number of ketones is 1. The van der Waals surface area contributed by atoms with Crippen molar-refractivity contribution in [3.63, 3.8) is 0 Å². The van der Waals surface area contributed by atoms with Crippen LogP contribution in [0.1, 0.15) is 53.4 Å². The number of ether oxygens (including phenoxy) is 1. The first kappa shape index (κ1) is 20.0. The van der Waals surface area contributed by atoms with Crippen molar-refractivity contribution in [2.24, 2.45) is 34.0 Å². The van der Waals surface area contributed by atoms with Crippen molar-refractivity contribution in [3.05, 3.63) is 12.2 Å². The maximum atomic E-state index is 13.4. The van der Waals surface area contributed by atoms with Crippen LogP contribution >= 0.6 is 0 Å². The van der Waals surface area contributed by atoms with Crippen molar-refractivity contribution in [2.45, 2.75) is 77.8 Å². The first-order valence-electron chi connectivity index (χ1n) is 10.3. The van der Waals surface area contributed by atoms with Gasteiger partial charge in [0.25, 0.3) is 0 Å². The molecule has 4 aliphatic rings. The van der Waals surface area contributed by atoms with Crippen molar-refractivity contribution in [1.29, 1.82) is 0 Å². The van der Waals surface area contributed by atoms with Crippen LogP contribution in [0.5, 0.6) is 0 Å². The molecular weight excluding hydrogens is 360 g/mol. The lowest BCUT2D eigenvalue weighted by molar-refractivity contribution is -0.281. The van der Waals surface area contributed by atoms with Crippen molar-refractivity contribution in [2.75, 3.05) is 0 Å². The number of allylic oxidation sites excluding steroid dienone is 1. The Morgan fingerprint density at radius 1 is 1.18 bits per heavy atom. The molecule has 4 fully saturated rings. The second-order valence-electron chi connectivity index (χ2n) is 10.5. The Hall–Kier alpha value is -1.24. The summed E-state index contributed by atoms with van der Waals surface area (Å²) in [4.78, 5) is 25.4. The van der Waals surface area contributed by atoms with E-state index in [2.05, 4.69) is 6.58 Å². The molecule has 4 aliphatic carbocycles. The molecule has 0 saturated heterocycles. The molecule has 0 aromatic carbocycles. The van der Waals surface area contributed by atoms with Gasteiger partial charge in [-0.15, -0.1) is 0 Å². The van der Waals surface area contributed by atoms with Gasteiger partial charge in [-0.1, -0.05) is 27.4 Å². The molecule has 156 valence electrons. The molecule has 0 aromatic rings. The summed E-state index contributed by atoms with van der Waals surface area (Å²) in [6.07, 6.45) is -1.45. The van der Waals surface area contributed by atoms with Gasteiger partial charge in [-0.2, -0.15) is 0 Å². The van der Waals surface area contributed by atoms with Gasteiger partial charge in [0.2, 0.25) is 0 Å². The SMILES string of the molecule is C=C1C(=O)[C@@]23C[C@@H]1C[C@@H](O)[C@@H]2[C@@]1(C)CC[C@@H](O)C(C)(C)[C@@H]1[C@H](OC(C)=O)[C@H]3O. The Morgan fingerprint density at radius 3 is 2.43 bits per heavy atom. The Kier molecular flexibility index (Phi) is 4.22. The highest BCUT2D eigenvalue weighted by Gasteiger charge is 2.76. The molecule has 4 rings (SSSR count). The summed E-state index contributed by atoms with van der Waals surface area (Å²) in [5, 5.41) is 33.5. The van der Waals surface area contributed by atoms with Crippen molar-refractivity contribution >= 4 is 11.8 Å². The summed E-state index contributed by atoms with van der Waals surface area (Å²) < 4.78 is 5.67. The van der Waals surface area contributed by atoms with Gasteiger partial charge in [0.05, 0.1) is 17.6 Å². The van der Waals surface area contributed by atoms with Crippen molar-refractivity contribution < 1.29 is 29.6 Å². The maximum absolute atomic E-state index is 13.4. The Morgan fingerprint density at radius 2 is 1.82 bits per heavy atom. The molecule has 9 atom stereocenters. The molecule has 3 N–H and O–H groups in total. The molecule has 0 unspecified atom stereocenters. The Labute approximate surface area is 166 Å². The third-order valence-corrected chi connectivity index (χ3v) is 8.76. The summed E-state index contributed by atoms with van der Waals surface area (Å²) in [5.74, 6) is -1.69. The van der Waals surface area contributed by atoms with Gasteiger partial charge in [0.1, 0.15) is 12.2 Å². The summed E-state index contributed by atoms with van der Waals surface area (Å²) in [6, 6.07) is 0. The molecule has 0 aliphatic heterocycles. The summed E-state index contributed by atoms with van der Waals surface area (Å²) >= 11 is 0. The van der Waals surface area contributed by atoms with Crippen LogP contribution in [0.15, 0.2) is 12.2 Å². The van der Waals surface area contributed by atoms with Crippen LogP contribution in [0.3, 0.4) is 0 Å². The molecular formula is C22H32O6. The normalized spacial score (nSPS) is 52.0. The third-order valence-electron chi connectivity index (χ3n) is 8.76. The van der Waals surface area contributed by atoms with Crippen LogP contribution in [0.25, 0.3) is 0 Å². The van der Waals surface area contributed by atoms with Gasteiger partial charge in [0.15, 0.2) is 5.78 Å². The topological polar surface area (TPSA) is 104 Å². The second-order valence-corrected chi connectivity index (χ2v) is 10.5. The first-order valence-corrected chi connectivity index (χ1v) is 10.3. The standard InChI is InChI=1S/C22H32O6/c1-10-12-8-13(24)16-21(5)7-6-14(25)20(3,4)17(21)15(28-11(2)23)19(27)22(16,9-12)18(10)26/h12-17,19,24-25,27H,1,6-9H2,2-5H3/t12-,13+,14+,15-,16+,17-,19+,21+,22+/m0/s1. The van der Waals surface area contributed by atoms with E-state index in [-0.39, 0.29) is 17.6 Å². The fraction of sp³-hybridized carbons (Fsp3) is 0.818. The molecule has 28 heavy (non-hydrogen) atoms. The zero-order valence-corrected chi connectivity index (χ0v) is 17.1. The fourth-order valence-electron chi connectivity index (χ4n) is 7.82. The number of rotatable bonds is 1. The number of hydrogen-bond donors (Lipinski definition) is 3. The van der Waals surface area contributed by atoms with Gasteiger partial charge in [-0.05, 0) is 48.0 Å². The van der Waals surface area contributed by atoms with E-state index in [1.54, 1.807) is 0 Å². The zero-order chi connectivity index (χ0) is 20.8. The number of aliphatic hydroxyl groups is 3. The molecule has 0 heterocycles. The fourth-order valence-corrected chi connectivity index (χ4v) is 7.82. The maximum Gasteiger partial charge on any atom is 0.303 e. The van der Waals surface area contributed by atoms with Crippen LogP contribution in [0.2, 0.25) is 0 Å². The van der Waals surface area contributed by atoms with E-state index in [4.69, 9.17) is 4.74 Å². The summed E-state index contributed by atoms with van der Waals surface area (Å²) in [5.41, 5.74) is -1.92. The van der Waals surface area contributed by atoms with Gasteiger partial charge >= 0.3 is 5.97 Å². The predicted molar refractivity (Wildman–Crippen MR) is 101 cm³/mol. The molecule has 1 spiro atoms. The Bertz CT molecular complexity index is 743. The minimum absolute atomic E-state index is 0.145. The van der Waals surface area contributed by atoms with Crippen LogP contribution in [0, 0.1) is 34.0 Å². The lowest BCUT2D eigenvalue weighted by Gasteiger charge is -2.67. The molecule has 2 bridgehead atoms. The minimum atomic E-state index is -1.23. The number of esters is 1. The van der Waals surface area contributed by atoms with E-state index in [0.717, 1.165) is 0 Å². The van der Waals surface area contributed by atoms with E-state index >= 15 is 0 Å². The highest BCUT2D eigenvalue weighted by Crippen LogP contribution is 2.71. The number of fused-ring (bicyclic) bond motifs is 3. The minimum Gasteiger partial charge on any atom is -0.459 e. The number of carbonyl (C=O) groups excluding carboxylic acids is 2. The number of carbonyl (C=O) groups is 2. The smallest absolute Gasteiger partial charge is 0.303 e.